The van der Waals surface area contributed by atoms with E-state index >= 15 is 0 Å². The first-order valence-corrected chi connectivity index (χ1v) is 10.1. The van der Waals surface area contributed by atoms with Gasteiger partial charge in [-0.3, -0.25) is 14.1 Å². The Morgan fingerprint density at radius 3 is 2.71 bits per heavy atom. The molecule has 28 heavy (non-hydrogen) atoms. The van der Waals surface area contributed by atoms with Crippen LogP contribution in [0.5, 0.6) is 0 Å². The lowest BCUT2D eigenvalue weighted by molar-refractivity contribution is -0.120. The van der Waals surface area contributed by atoms with E-state index in [4.69, 9.17) is 0 Å². The number of hydrogen-bond acceptors (Lipinski definition) is 4. The maximum atomic E-state index is 13.0. The van der Waals surface area contributed by atoms with Crippen molar-refractivity contribution in [1.29, 1.82) is 0 Å². The number of rotatable bonds is 3. The standard InChI is InChI=1S/C22H25N5O/c1-16-14-18-6-2-3-7-19(18)27(16)21(28)15-25-12-9-17(10-13-25)22-24-23-20-8-4-5-11-26(20)22/h2-8,11,16-17H,9-10,12-15H2,1H3. The van der Waals surface area contributed by atoms with E-state index in [-0.39, 0.29) is 11.9 Å². The van der Waals surface area contributed by atoms with Crippen LogP contribution in [0.2, 0.25) is 0 Å². The van der Waals surface area contributed by atoms with E-state index in [1.54, 1.807) is 0 Å². The second kappa shape index (κ2) is 7.02. The van der Waals surface area contributed by atoms with Crippen LogP contribution < -0.4 is 4.90 Å². The van der Waals surface area contributed by atoms with Gasteiger partial charge in [0.25, 0.3) is 0 Å². The van der Waals surface area contributed by atoms with E-state index in [0.717, 1.165) is 49.5 Å². The van der Waals surface area contributed by atoms with Crippen molar-refractivity contribution < 1.29 is 4.79 Å². The molecule has 4 heterocycles. The molecular weight excluding hydrogens is 350 g/mol. The van der Waals surface area contributed by atoms with Gasteiger partial charge in [0, 0.05) is 23.8 Å². The minimum Gasteiger partial charge on any atom is -0.308 e. The van der Waals surface area contributed by atoms with Gasteiger partial charge in [-0.25, -0.2) is 0 Å². The fraction of sp³-hybridized carbons (Fsp3) is 0.409. The number of aromatic nitrogens is 3. The Morgan fingerprint density at radius 2 is 1.86 bits per heavy atom. The fourth-order valence-corrected chi connectivity index (χ4v) is 4.70. The molecule has 2 aliphatic rings. The van der Waals surface area contributed by atoms with Crippen molar-refractivity contribution in [2.24, 2.45) is 0 Å². The summed E-state index contributed by atoms with van der Waals surface area (Å²) in [6, 6.07) is 14.5. The number of benzene rings is 1. The zero-order chi connectivity index (χ0) is 19.1. The number of anilines is 1. The molecule has 5 rings (SSSR count). The van der Waals surface area contributed by atoms with E-state index in [2.05, 4.69) is 44.6 Å². The summed E-state index contributed by atoms with van der Waals surface area (Å²) in [5.74, 6) is 1.66. The minimum atomic E-state index is 0.212. The first kappa shape index (κ1) is 17.4. The average Bonchev–Trinajstić information content (AvgIpc) is 3.29. The monoisotopic (exact) mass is 375 g/mol. The van der Waals surface area contributed by atoms with E-state index in [0.29, 0.717) is 12.5 Å². The van der Waals surface area contributed by atoms with Crippen LogP contribution in [0.15, 0.2) is 48.7 Å². The SMILES string of the molecule is CC1Cc2ccccc2N1C(=O)CN1CCC(c2nnc3ccccn23)CC1. The summed E-state index contributed by atoms with van der Waals surface area (Å²) in [5, 5.41) is 8.70. The summed E-state index contributed by atoms with van der Waals surface area (Å²) in [6.07, 6.45) is 5.00. The Balaban J connectivity index is 1.24. The second-order valence-electron chi connectivity index (χ2n) is 7.98. The van der Waals surface area contributed by atoms with Crippen molar-refractivity contribution in [2.75, 3.05) is 24.5 Å². The summed E-state index contributed by atoms with van der Waals surface area (Å²) in [6.45, 7) is 4.47. The minimum absolute atomic E-state index is 0.212. The summed E-state index contributed by atoms with van der Waals surface area (Å²) >= 11 is 0. The molecule has 1 atom stereocenters. The largest absolute Gasteiger partial charge is 0.308 e. The molecule has 2 aliphatic heterocycles. The van der Waals surface area contributed by atoms with Gasteiger partial charge in [0.05, 0.1) is 6.54 Å². The second-order valence-corrected chi connectivity index (χ2v) is 7.98. The van der Waals surface area contributed by atoms with Crippen LogP contribution in [0.1, 0.15) is 37.1 Å². The molecule has 3 aromatic rings. The predicted octanol–water partition coefficient (Wildman–Crippen LogP) is 2.89. The summed E-state index contributed by atoms with van der Waals surface area (Å²) < 4.78 is 2.09. The molecule has 1 unspecified atom stereocenters. The van der Waals surface area contributed by atoms with Gasteiger partial charge >= 0.3 is 0 Å². The molecular formula is C22H25N5O. The van der Waals surface area contributed by atoms with Gasteiger partial charge in [0.15, 0.2) is 5.65 Å². The lowest BCUT2D eigenvalue weighted by Crippen LogP contribution is -2.45. The highest BCUT2D eigenvalue weighted by Crippen LogP contribution is 2.32. The number of carbonyl (C=O) groups is 1. The van der Waals surface area contributed by atoms with Gasteiger partial charge in [0.2, 0.25) is 5.91 Å². The molecule has 0 N–H and O–H groups in total. The zero-order valence-electron chi connectivity index (χ0n) is 16.2. The van der Waals surface area contributed by atoms with Gasteiger partial charge in [-0.15, -0.1) is 10.2 Å². The average molecular weight is 375 g/mol. The third-order valence-corrected chi connectivity index (χ3v) is 6.13. The number of likely N-dealkylation sites (tertiary alicyclic amines) is 1. The fourth-order valence-electron chi connectivity index (χ4n) is 4.70. The van der Waals surface area contributed by atoms with Gasteiger partial charge in [-0.2, -0.15) is 0 Å². The molecule has 0 radical (unpaired) electrons. The molecule has 1 saturated heterocycles. The number of fused-ring (bicyclic) bond motifs is 2. The number of piperidine rings is 1. The number of nitrogens with zero attached hydrogens (tertiary/aromatic N) is 5. The Labute approximate surface area is 164 Å². The van der Waals surface area contributed by atoms with Crippen molar-refractivity contribution in [1.82, 2.24) is 19.5 Å². The third-order valence-electron chi connectivity index (χ3n) is 6.13. The van der Waals surface area contributed by atoms with Crippen LogP contribution in [0.25, 0.3) is 5.65 Å². The molecule has 0 aliphatic carbocycles. The first-order valence-electron chi connectivity index (χ1n) is 10.1. The van der Waals surface area contributed by atoms with E-state index in [1.165, 1.54) is 5.56 Å². The quantitative estimate of drug-likeness (QED) is 0.706. The topological polar surface area (TPSA) is 53.7 Å². The molecule has 144 valence electrons. The van der Waals surface area contributed by atoms with Crippen molar-refractivity contribution in [2.45, 2.75) is 38.1 Å². The molecule has 1 aromatic carbocycles. The Morgan fingerprint density at radius 1 is 1.07 bits per heavy atom. The highest BCUT2D eigenvalue weighted by Gasteiger charge is 2.32. The van der Waals surface area contributed by atoms with Gasteiger partial charge < -0.3 is 4.90 Å². The first-order chi connectivity index (χ1) is 13.7. The summed E-state index contributed by atoms with van der Waals surface area (Å²) in [5.41, 5.74) is 3.27. The lowest BCUT2D eigenvalue weighted by Gasteiger charge is -2.32. The molecule has 0 bridgehead atoms. The van der Waals surface area contributed by atoms with E-state index in [9.17, 15) is 4.79 Å². The number of para-hydroxylation sites is 1. The van der Waals surface area contributed by atoms with Crippen LogP contribution in [-0.4, -0.2) is 51.1 Å². The number of hydrogen-bond donors (Lipinski definition) is 0. The van der Waals surface area contributed by atoms with Crippen molar-refractivity contribution >= 4 is 17.2 Å². The predicted molar refractivity (Wildman–Crippen MR) is 108 cm³/mol. The molecule has 1 amide bonds. The number of amides is 1. The Bertz CT molecular complexity index is 1000. The summed E-state index contributed by atoms with van der Waals surface area (Å²) in [7, 11) is 0. The lowest BCUT2D eigenvalue weighted by atomic mass is 9.96. The molecule has 2 aromatic heterocycles. The van der Waals surface area contributed by atoms with Crippen molar-refractivity contribution in [3.8, 4) is 0 Å². The highest BCUT2D eigenvalue weighted by atomic mass is 16.2. The number of pyridine rings is 1. The molecule has 0 saturated carbocycles. The Kier molecular flexibility index (Phi) is 4.36. The smallest absolute Gasteiger partial charge is 0.241 e. The zero-order valence-corrected chi connectivity index (χ0v) is 16.2. The van der Waals surface area contributed by atoms with Crippen LogP contribution in [0.4, 0.5) is 5.69 Å². The third kappa shape index (κ3) is 2.98. The maximum absolute atomic E-state index is 13.0. The number of carbonyl (C=O) groups excluding carboxylic acids is 1. The molecule has 0 spiro atoms. The van der Waals surface area contributed by atoms with Gasteiger partial charge in [-0.05, 0) is 63.0 Å². The van der Waals surface area contributed by atoms with Crippen LogP contribution in [-0.2, 0) is 11.2 Å². The Hall–Kier alpha value is -2.73. The molecule has 6 nitrogen and oxygen atoms in total. The highest BCUT2D eigenvalue weighted by molar-refractivity contribution is 5.97. The molecule has 1 fully saturated rings. The van der Waals surface area contributed by atoms with Gasteiger partial charge in [-0.1, -0.05) is 24.3 Å². The van der Waals surface area contributed by atoms with E-state index in [1.807, 2.05) is 35.4 Å². The van der Waals surface area contributed by atoms with Crippen molar-refractivity contribution in [3.05, 3.63) is 60.0 Å². The van der Waals surface area contributed by atoms with Crippen molar-refractivity contribution in [3.63, 3.8) is 0 Å². The van der Waals surface area contributed by atoms with Crippen LogP contribution in [0.3, 0.4) is 0 Å². The maximum Gasteiger partial charge on any atom is 0.241 e. The van der Waals surface area contributed by atoms with Gasteiger partial charge in [0.1, 0.15) is 5.82 Å². The molecule has 6 heteroatoms. The van der Waals surface area contributed by atoms with Crippen LogP contribution >= 0.6 is 0 Å². The normalized spacial score (nSPS) is 20.6. The summed E-state index contributed by atoms with van der Waals surface area (Å²) in [4.78, 5) is 17.3. The van der Waals surface area contributed by atoms with Crippen LogP contribution in [0, 0.1) is 0 Å². The van der Waals surface area contributed by atoms with E-state index < -0.39 is 0 Å².